The number of ether oxygens (including phenoxy) is 1. The summed E-state index contributed by atoms with van der Waals surface area (Å²) >= 11 is 0. The van der Waals surface area contributed by atoms with E-state index in [4.69, 9.17) is 13.7 Å². The first-order chi connectivity index (χ1) is 10.2. The molecule has 3 rings (SSSR count). The molecule has 1 aliphatic heterocycles. The Hall–Kier alpha value is -1.82. The largest absolute Gasteiger partial charge is 0.465 e. The molecule has 6 heteroatoms. The Kier molecular flexibility index (Phi) is 4.24. The summed E-state index contributed by atoms with van der Waals surface area (Å²) in [5.74, 6) is 3.30. The Morgan fingerprint density at radius 1 is 1.43 bits per heavy atom. The fraction of sp³-hybridized carbons (Fsp3) is 0.600. The van der Waals surface area contributed by atoms with Crippen molar-refractivity contribution in [2.75, 3.05) is 19.7 Å². The molecule has 0 aromatic carbocycles. The zero-order chi connectivity index (χ0) is 14.7. The molecule has 1 fully saturated rings. The van der Waals surface area contributed by atoms with Gasteiger partial charge in [0.15, 0.2) is 5.82 Å². The Bertz CT molecular complexity index is 578. The SMILES string of the molecule is CCOc1ccc(CN2CCCC(c3nc(C)no3)C2)o1. The van der Waals surface area contributed by atoms with Crippen LogP contribution in [0.3, 0.4) is 0 Å². The summed E-state index contributed by atoms with van der Waals surface area (Å²) in [7, 11) is 0. The lowest BCUT2D eigenvalue weighted by molar-refractivity contribution is 0.163. The van der Waals surface area contributed by atoms with Crippen LogP contribution in [-0.2, 0) is 6.54 Å². The van der Waals surface area contributed by atoms with Gasteiger partial charge in [0.1, 0.15) is 5.76 Å². The van der Waals surface area contributed by atoms with Crippen LogP contribution in [0.5, 0.6) is 5.95 Å². The fourth-order valence-corrected chi connectivity index (χ4v) is 2.76. The normalized spacial score (nSPS) is 19.8. The molecule has 1 unspecified atom stereocenters. The fourth-order valence-electron chi connectivity index (χ4n) is 2.76. The number of aryl methyl sites for hydroxylation is 1. The minimum atomic E-state index is 0.321. The van der Waals surface area contributed by atoms with Crippen LogP contribution in [0, 0.1) is 6.92 Å². The van der Waals surface area contributed by atoms with Crippen LogP contribution in [0.2, 0.25) is 0 Å². The molecule has 0 saturated carbocycles. The van der Waals surface area contributed by atoms with E-state index in [1.165, 1.54) is 0 Å². The average Bonchev–Trinajstić information content (AvgIpc) is 3.09. The molecule has 2 aromatic heterocycles. The van der Waals surface area contributed by atoms with Crippen molar-refractivity contribution in [2.45, 2.75) is 39.2 Å². The number of nitrogens with zero attached hydrogens (tertiary/aromatic N) is 3. The summed E-state index contributed by atoms with van der Waals surface area (Å²) in [4.78, 5) is 6.72. The highest BCUT2D eigenvalue weighted by molar-refractivity contribution is 5.12. The maximum absolute atomic E-state index is 5.66. The van der Waals surface area contributed by atoms with Crippen molar-refractivity contribution in [3.05, 3.63) is 29.6 Å². The van der Waals surface area contributed by atoms with Gasteiger partial charge in [-0.1, -0.05) is 5.16 Å². The second-order valence-electron chi connectivity index (χ2n) is 5.41. The summed E-state index contributed by atoms with van der Waals surface area (Å²) in [5.41, 5.74) is 0. The molecule has 6 nitrogen and oxygen atoms in total. The van der Waals surface area contributed by atoms with Crippen molar-refractivity contribution in [3.8, 4) is 5.95 Å². The van der Waals surface area contributed by atoms with E-state index in [0.29, 0.717) is 24.3 Å². The summed E-state index contributed by atoms with van der Waals surface area (Å²) < 4.78 is 16.3. The Balaban J connectivity index is 1.60. The van der Waals surface area contributed by atoms with Crippen molar-refractivity contribution >= 4 is 0 Å². The van der Waals surface area contributed by atoms with E-state index in [2.05, 4.69) is 15.0 Å². The maximum Gasteiger partial charge on any atom is 0.284 e. The lowest BCUT2D eigenvalue weighted by Crippen LogP contribution is -2.33. The molecule has 1 saturated heterocycles. The molecule has 21 heavy (non-hydrogen) atoms. The van der Waals surface area contributed by atoms with Crippen molar-refractivity contribution in [2.24, 2.45) is 0 Å². The molecular weight excluding hydrogens is 270 g/mol. The lowest BCUT2D eigenvalue weighted by atomic mass is 9.98. The van der Waals surface area contributed by atoms with Crippen LogP contribution in [0.25, 0.3) is 0 Å². The Labute approximate surface area is 124 Å². The first kappa shape index (κ1) is 14.1. The van der Waals surface area contributed by atoms with Gasteiger partial charge >= 0.3 is 0 Å². The molecule has 1 aliphatic rings. The molecular formula is C15H21N3O3. The van der Waals surface area contributed by atoms with Gasteiger partial charge in [0.2, 0.25) is 5.89 Å². The van der Waals surface area contributed by atoms with Gasteiger partial charge in [-0.05, 0) is 39.3 Å². The van der Waals surface area contributed by atoms with Crippen LogP contribution >= 0.6 is 0 Å². The third-order valence-electron chi connectivity index (χ3n) is 3.70. The second kappa shape index (κ2) is 6.30. The van der Waals surface area contributed by atoms with Crippen LogP contribution in [0.4, 0.5) is 0 Å². The number of furan rings is 1. The van der Waals surface area contributed by atoms with Gasteiger partial charge in [-0.15, -0.1) is 0 Å². The molecule has 114 valence electrons. The smallest absolute Gasteiger partial charge is 0.284 e. The number of hydrogen-bond donors (Lipinski definition) is 0. The predicted molar refractivity (Wildman–Crippen MR) is 76.2 cm³/mol. The van der Waals surface area contributed by atoms with E-state index in [0.717, 1.165) is 44.1 Å². The van der Waals surface area contributed by atoms with Gasteiger partial charge in [-0.3, -0.25) is 4.90 Å². The molecule has 2 aromatic rings. The number of aromatic nitrogens is 2. The van der Waals surface area contributed by atoms with Gasteiger partial charge in [0.05, 0.1) is 19.1 Å². The number of likely N-dealkylation sites (tertiary alicyclic amines) is 1. The molecule has 0 bridgehead atoms. The van der Waals surface area contributed by atoms with Crippen molar-refractivity contribution < 1.29 is 13.7 Å². The highest BCUT2D eigenvalue weighted by Gasteiger charge is 2.26. The van der Waals surface area contributed by atoms with E-state index < -0.39 is 0 Å². The highest BCUT2D eigenvalue weighted by atomic mass is 16.6. The first-order valence-electron chi connectivity index (χ1n) is 7.48. The van der Waals surface area contributed by atoms with Crippen LogP contribution in [0.15, 0.2) is 21.1 Å². The van der Waals surface area contributed by atoms with Crippen LogP contribution in [-0.4, -0.2) is 34.7 Å². The number of piperidine rings is 1. The molecule has 0 amide bonds. The van der Waals surface area contributed by atoms with Gasteiger partial charge in [0.25, 0.3) is 5.95 Å². The summed E-state index contributed by atoms with van der Waals surface area (Å²) in [5, 5.41) is 3.88. The molecule has 0 aliphatic carbocycles. The maximum atomic E-state index is 5.66. The van der Waals surface area contributed by atoms with E-state index in [1.807, 2.05) is 26.0 Å². The van der Waals surface area contributed by atoms with E-state index >= 15 is 0 Å². The first-order valence-corrected chi connectivity index (χ1v) is 7.48. The Morgan fingerprint density at radius 2 is 2.33 bits per heavy atom. The topological polar surface area (TPSA) is 64.5 Å². The average molecular weight is 291 g/mol. The summed E-state index contributed by atoms with van der Waals surface area (Å²) in [6.07, 6.45) is 2.23. The number of hydrogen-bond acceptors (Lipinski definition) is 6. The van der Waals surface area contributed by atoms with Gasteiger partial charge in [0, 0.05) is 12.6 Å². The van der Waals surface area contributed by atoms with E-state index in [-0.39, 0.29) is 0 Å². The molecule has 0 spiro atoms. The minimum absolute atomic E-state index is 0.321. The lowest BCUT2D eigenvalue weighted by Gasteiger charge is -2.30. The highest BCUT2D eigenvalue weighted by Crippen LogP contribution is 2.27. The molecule has 0 N–H and O–H groups in total. The third-order valence-corrected chi connectivity index (χ3v) is 3.70. The van der Waals surface area contributed by atoms with E-state index in [1.54, 1.807) is 0 Å². The van der Waals surface area contributed by atoms with Gasteiger partial charge in [-0.25, -0.2) is 0 Å². The van der Waals surface area contributed by atoms with Crippen molar-refractivity contribution in [1.29, 1.82) is 0 Å². The van der Waals surface area contributed by atoms with E-state index in [9.17, 15) is 0 Å². The number of rotatable bonds is 5. The standard InChI is InChI=1S/C15H21N3O3/c1-3-19-14-7-6-13(20-14)10-18-8-4-5-12(9-18)15-16-11(2)17-21-15/h6-7,12H,3-5,8-10H2,1-2H3. The van der Waals surface area contributed by atoms with Crippen molar-refractivity contribution in [1.82, 2.24) is 15.0 Å². The minimum Gasteiger partial charge on any atom is -0.465 e. The zero-order valence-corrected chi connectivity index (χ0v) is 12.5. The quantitative estimate of drug-likeness (QED) is 0.844. The zero-order valence-electron chi connectivity index (χ0n) is 12.5. The Morgan fingerprint density at radius 3 is 3.10 bits per heavy atom. The summed E-state index contributed by atoms with van der Waals surface area (Å²) in [6.45, 7) is 7.20. The third kappa shape index (κ3) is 3.44. The summed E-state index contributed by atoms with van der Waals surface area (Å²) in [6, 6.07) is 3.85. The molecule has 0 radical (unpaired) electrons. The van der Waals surface area contributed by atoms with Gasteiger partial charge in [-0.2, -0.15) is 4.98 Å². The second-order valence-corrected chi connectivity index (χ2v) is 5.41. The molecule has 3 heterocycles. The van der Waals surface area contributed by atoms with Crippen LogP contribution in [0.1, 0.15) is 43.2 Å². The predicted octanol–water partition coefficient (Wildman–Crippen LogP) is 2.75. The monoisotopic (exact) mass is 291 g/mol. The van der Waals surface area contributed by atoms with Crippen LogP contribution < -0.4 is 4.74 Å². The van der Waals surface area contributed by atoms with Gasteiger partial charge < -0.3 is 13.7 Å². The molecule has 1 atom stereocenters. The van der Waals surface area contributed by atoms with Crippen molar-refractivity contribution in [3.63, 3.8) is 0 Å².